The van der Waals surface area contributed by atoms with Crippen LogP contribution in [-0.4, -0.2) is 49.9 Å². The Morgan fingerprint density at radius 3 is 2.65 bits per heavy atom. The van der Waals surface area contributed by atoms with Gasteiger partial charge in [-0.2, -0.15) is 0 Å². The molecule has 0 aromatic carbocycles. The minimum absolute atomic E-state index is 0.0134. The van der Waals surface area contributed by atoms with Gasteiger partial charge in [-0.1, -0.05) is 13.8 Å². The van der Waals surface area contributed by atoms with Crippen molar-refractivity contribution in [3.05, 3.63) is 0 Å². The Morgan fingerprint density at radius 2 is 2.12 bits per heavy atom. The molecule has 0 aromatic heterocycles. The molecule has 1 fully saturated rings. The molecule has 1 atom stereocenters. The monoisotopic (exact) mass is 262 g/mol. The van der Waals surface area contributed by atoms with Gasteiger partial charge in [0.25, 0.3) is 0 Å². The molecule has 0 bridgehead atoms. The molecule has 1 amide bonds. The second-order valence-corrected chi connectivity index (χ2v) is 7.30. The lowest BCUT2D eigenvalue weighted by Gasteiger charge is -2.30. The number of piperidine rings is 1. The lowest BCUT2D eigenvalue weighted by molar-refractivity contribution is -0.129. The minimum atomic E-state index is -3.28. The van der Waals surface area contributed by atoms with E-state index in [2.05, 4.69) is 0 Å². The van der Waals surface area contributed by atoms with Crippen molar-refractivity contribution < 1.29 is 13.2 Å². The van der Waals surface area contributed by atoms with E-state index in [-0.39, 0.29) is 29.4 Å². The van der Waals surface area contributed by atoms with Crippen molar-refractivity contribution in [1.29, 1.82) is 0 Å². The molecule has 0 aromatic rings. The summed E-state index contributed by atoms with van der Waals surface area (Å²) >= 11 is 0. The van der Waals surface area contributed by atoms with Gasteiger partial charge in [0.1, 0.15) is 5.75 Å². The van der Waals surface area contributed by atoms with E-state index in [1.54, 1.807) is 4.90 Å². The van der Waals surface area contributed by atoms with Gasteiger partial charge in [0, 0.05) is 19.1 Å². The molecule has 0 spiro atoms. The Labute approximate surface area is 103 Å². The lowest BCUT2D eigenvalue weighted by atomic mass is 10.1. The fourth-order valence-corrected chi connectivity index (χ4v) is 3.78. The van der Waals surface area contributed by atoms with Gasteiger partial charge in [0.15, 0.2) is 9.84 Å². The highest BCUT2D eigenvalue weighted by Gasteiger charge is 2.25. The van der Waals surface area contributed by atoms with Crippen LogP contribution in [0.1, 0.15) is 26.7 Å². The molecule has 1 saturated heterocycles. The van der Waals surface area contributed by atoms with Gasteiger partial charge in [-0.05, 0) is 18.8 Å². The highest BCUT2D eigenvalue weighted by Crippen LogP contribution is 2.10. The number of nitrogens with two attached hydrogens (primary N) is 1. The molecule has 0 saturated carbocycles. The Morgan fingerprint density at radius 1 is 1.47 bits per heavy atom. The van der Waals surface area contributed by atoms with Gasteiger partial charge in [-0.25, -0.2) is 8.42 Å². The molecule has 1 heterocycles. The van der Waals surface area contributed by atoms with Gasteiger partial charge in [-0.3, -0.25) is 4.79 Å². The zero-order valence-corrected chi connectivity index (χ0v) is 11.4. The van der Waals surface area contributed by atoms with Gasteiger partial charge in [0.05, 0.1) is 5.75 Å². The maximum absolute atomic E-state index is 11.8. The van der Waals surface area contributed by atoms with Crippen molar-refractivity contribution >= 4 is 15.7 Å². The largest absolute Gasteiger partial charge is 0.340 e. The summed E-state index contributed by atoms with van der Waals surface area (Å²) in [6, 6.07) is -0.0134. The summed E-state index contributed by atoms with van der Waals surface area (Å²) in [5.74, 6) is -0.562. The number of nitrogens with zero attached hydrogens (tertiary/aromatic N) is 1. The summed E-state index contributed by atoms with van der Waals surface area (Å²) in [4.78, 5) is 13.4. The highest BCUT2D eigenvalue weighted by atomic mass is 32.2. The van der Waals surface area contributed by atoms with Crippen molar-refractivity contribution in [3.8, 4) is 0 Å². The molecule has 2 N–H and O–H groups in total. The maximum Gasteiger partial charge on any atom is 0.237 e. The number of likely N-dealkylation sites (tertiary alicyclic amines) is 1. The number of hydrogen-bond acceptors (Lipinski definition) is 4. The summed E-state index contributed by atoms with van der Waals surface area (Å²) in [6.07, 6.45) is 1.76. The Hall–Kier alpha value is -0.620. The van der Waals surface area contributed by atoms with E-state index >= 15 is 0 Å². The quantitative estimate of drug-likeness (QED) is 0.773. The third-order valence-corrected chi connectivity index (χ3v) is 4.60. The summed E-state index contributed by atoms with van der Waals surface area (Å²) < 4.78 is 23.4. The van der Waals surface area contributed by atoms with E-state index in [1.807, 2.05) is 13.8 Å². The maximum atomic E-state index is 11.8. The summed E-state index contributed by atoms with van der Waals surface area (Å²) in [6.45, 7) is 4.78. The topological polar surface area (TPSA) is 80.5 Å². The third-order valence-electron chi connectivity index (χ3n) is 2.74. The molecular formula is C11H22N2O3S. The second-order valence-electron chi connectivity index (χ2n) is 5.19. The summed E-state index contributed by atoms with van der Waals surface area (Å²) in [5.41, 5.74) is 5.76. The van der Waals surface area contributed by atoms with Crippen molar-refractivity contribution in [2.75, 3.05) is 24.6 Å². The van der Waals surface area contributed by atoms with Crippen molar-refractivity contribution in [2.45, 2.75) is 32.7 Å². The van der Waals surface area contributed by atoms with Gasteiger partial charge in [-0.15, -0.1) is 0 Å². The smallest absolute Gasteiger partial charge is 0.237 e. The van der Waals surface area contributed by atoms with E-state index in [0.717, 1.165) is 12.8 Å². The molecule has 5 nitrogen and oxygen atoms in total. The number of amides is 1. The van der Waals surface area contributed by atoms with Crippen LogP contribution in [0.3, 0.4) is 0 Å². The third kappa shape index (κ3) is 5.04. The molecule has 1 aliphatic rings. The molecule has 1 unspecified atom stereocenters. The SMILES string of the molecule is CC(C)CS(=O)(=O)CC(=O)N1CCCC(N)C1. The van der Waals surface area contributed by atoms with Crippen LogP contribution in [0, 0.1) is 5.92 Å². The number of carbonyl (C=O) groups excluding carboxylic acids is 1. The number of rotatable bonds is 4. The van der Waals surface area contributed by atoms with E-state index in [4.69, 9.17) is 5.73 Å². The number of sulfone groups is 1. The second kappa shape index (κ2) is 5.82. The van der Waals surface area contributed by atoms with Gasteiger partial charge >= 0.3 is 0 Å². The molecule has 6 heteroatoms. The predicted octanol–water partition coefficient (Wildman–Crippen LogP) is 0.00690. The van der Waals surface area contributed by atoms with Crippen LogP contribution in [0.15, 0.2) is 0 Å². The fraction of sp³-hybridized carbons (Fsp3) is 0.909. The van der Waals surface area contributed by atoms with Gasteiger partial charge in [0.2, 0.25) is 5.91 Å². The van der Waals surface area contributed by atoms with Crippen LogP contribution in [-0.2, 0) is 14.6 Å². The molecule has 0 radical (unpaired) electrons. The average molecular weight is 262 g/mol. The number of carbonyl (C=O) groups is 1. The summed E-state index contributed by atoms with van der Waals surface area (Å²) in [7, 11) is -3.28. The molecule has 17 heavy (non-hydrogen) atoms. The van der Waals surface area contributed by atoms with Crippen LogP contribution in [0.2, 0.25) is 0 Å². The van der Waals surface area contributed by atoms with Crippen LogP contribution < -0.4 is 5.73 Å². The van der Waals surface area contributed by atoms with E-state index in [1.165, 1.54) is 0 Å². The molecule has 1 rings (SSSR count). The Bertz CT molecular complexity index is 365. The zero-order valence-electron chi connectivity index (χ0n) is 10.6. The lowest BCUT2D eigenvalue weighted by Crippen LogP contribution is -2.47. The predicted molar refractivity (Wildman–Crippen MR) is 67.3 cm³/mol. The van der Waals surface area contributed by atoms with Crippen LogP contribution >= 0.6 is 0 Å². The van der Waals surface area contributed by atoms with E-state index in [0.29, 0.717) is 13.1 Å². The zero-order chi connectivity index (χ0) is 13.1. The highest BCUT2D eigenvalue weighted by molar-refractivity contribution is 7.92. The average Bonchev–Trinajstić information content (AvgIpc) is 2.14. The first kappa shape index (κ1) is 14.4. The molecular weight excluding hydrogens is 240 g/mol. The van der Waals surface area contributed by atoms with Crippen molar-refractivity contribution in [3.63, 3.8) is 0 Å². The van der Waals surface area contributed by atoms with Crippen LogP contribution in [0.5, 0.6) is 0 Å². The number of hydrogen-bond donors (Lipinski definition) is 1. The van der Waals surface area contributed by atoms with Crippen molar-refractivity contribution in [1.82, 2.24) is 4.90 Å². The van der Waals surface area contributed by atoms with Crippen LogP contribution in [0.25, 0.3) is 0 Å². The minimum Gasteiger partial charge on any atom is -0.340 e. The Kier molecular flexibility index (Phi) is 4.94. The van der Waals surface area contributed by atoms with Crippen molar-refractivity contribution in [2.24, 2.45) is 11.7 Å². The van der Waals surface area contributed by atoms with Gasteiger partial charge < -0.3 is 10.6 Å². The first-order chi connectivity index (χ1) is 7.80. The normalized spacial score (nSPS) is 21.9. The molecule has 1 aliphatic heterocycles. The summed E-state index contributed by atoms with van der Waals surface area (Å²) in [5, 5.41) is 0. The fourth-order valence-electron chi connectivity index (χ4n) is 2.08. The first-order valence-electron chi connectivity index (χ1n) is 6.04. The Balaban J connectivity index is 2.53. The van der Waals surface area contributed by atoms with Crippen LogP contribution in [0.4, 0.5) is 0 Å². The standard InChI is InChI=1S/C11H22N2O3S/c1-9(2)7-17(15,16)8-11(14)13-5-3-4-10(12)6-13/h9-10H,3-8,12H2,1-2H3. The van der Waals surface area contributed by atoms with E-state index < -0.39 is 9.84 Å². The molecule has 100 valence electrons. The molecule has 0 aliphatic carbocycles. The van der Waals surface area contributed by atoms with E-state index in [9.17, 15) is 13.2 Å². The first-order valence-corrected chi connectivity index (χ1v) is 7.86.